The average Bonchev–Trinajstić information content (AvgIpc) is 3.64. The number of alkyl halides is 3. The number of pyridine rings is 2. The zero-order chi connectivity index (χ0) is 24.6. The molecule has 1 fully saturated rings. The van der Waals surface area contributed by atoms with Gasteiger partial charge in [0.1, 0.15) is 11.6 Å². The van der Waals surface area contributed by atoms with Crippen molar-refractivity contribution < 1.29 is 27.8 Å². The van der Waals surface area contributed by atoms with E-state index < -0.39 is 18.0 Å². The van der Waals surface area contributed by atoms with E-state index in [1.807, 2.05) is 24.3 Å². The molecule has 0 radical (unpaired) electrons. The third-order valence-electron chi connectivity index (χ3n) is 6.10. The van der Waals surface area contributed by atoms with Crippen molar-refractivity contribution in [2.45, 2.75) is 30.8 Å². The van der Waals surface area contributed by atoms with Crippen LogP contribution in [0.15, 0.2) is 73.1 Å². The highest BCUT2D eigenvalue weighted by atomic mass is 19.4. The number of aliphatic hydroxyl groups is 1. The Hall–Kier alpha value is -3.69. The number of methoxy groups -OCH3 is 1. The number of anilines is 1. The fourth-order valence-electron chi connectivity index (χ4n) is 4.05. The second-order valence-corrected chi connectivity index (χ2v) is 8.42. The number of nitrogens with zero attached hydrogens (tertiary/aromatic N) is 2. The molecule has 9 heteroatoms. The summed E-state index contributed by atoms with van der Waals surface area (Å²) in [5, 5.41) is 14.7. The maximum Gasteiger partial charge on any atom is 0.416 e. The van der Waals surface area contributed by atoms with Crippen molar-refractivity contribution >= 4 is 16.6 Å². The molecule has 1 aliphatic carbocycles. The zero-order valence-electron chi connectivity index (χ0n) is 18.7. The molecule has 1 unspecified atom stereocenters. The van der Waals surface area contributed by atoms with Gasteiger partial charge >= 0.3 is 6.18 Å². The van der Waals surface area contributed by atoms with Gasteiger partial charge in [0.2, 0.25) is 5.88 Å². The summed E-state index contributed by atoms with van der Waals surface area (Å²) < 4.78 is 50.3. The average molecular weight is 481 g/mol. The lowest BCUT2D eigenvalue weighted by Gasteiger charge is -2.21. The molecule has 0 amide bonds. The number of halogens is 3. The van der Waals surface area contributed by atoms with Crippen LogP contribution in [0.2, 0.25) is 0 Å². The van der Waals surface area contributed by atoms with E-state index in [0.717, 1.165) is 35.9 Å². The zero-order valence-corrected chi connectivity index (χ0v) is 18.7. The number of rotatable bonds is 7. The summed E-state index contributed by atoms with van der Waals surface area (Å²) in [7, 11) is 1.43. The lowest BCUT2D eigenvalue weighted by molar-refractivity contribution is -0.137. The molecule has 35 heavy (non-hydrogen) atoms. The molecule has 0 saturated heterocycles. The molecule has 180 valence electrons. The summed E-state index contributed by atoms with van der Waals surface area (Å²) in [5.41, 5.74) is 0.510. The number of benzene rings is 2. The van der Waals surface area contributed by atoms with E-state index in [0.29, 0.717) is 16.8 Å². The lowest BCUT2D eigenvalue weighted by Crippen LogP contribution is -2.20. The second-order valence-electron chi connectivity index (χ2n) is 8.42. The van der Waals surface area contributed by atoms with Gasteiger partial charge in [-0.2, -0.15) is 13.2 Å². The first-order valence-electron chi connectivity index (χ1n) is 11.0. The van der Waals surface area contributed by atoms with Crippen molar-refractivity contribution in [1.29, 1.82) is 0 Å². The topological polar surface area (TPSA) is 76.5 Å². The summed E-state index contributed by atoms with van der Waals surface area (Å²) >= 11 is 0. The van der Waals surface area contributed by atoms with Crippen molar-refractivity contribution in [1.82, 2.24) is 9.97 Å². The lowest BCUT2D eigenvalue weighted by atomic mass is 10.0. The molecule has 4 aromatic rings. The van der Waals surface area contributed by atoms with Gasteiger partial charge in [-0.25, -0.2) is 9.97 Å². The molecule has 2 heterocycles. The quantitative estimate of drug-likeness (QED) is 0.307. The number of nitrogens with one attached hydrogen (secondary N) is 1. The van der Waals surface area contributed by atoms with Gasteiger partial charge in [0.15, 0.2) is 6.29 Å². The van der Waals surface area contributed by atoms with Crippen molar-refractivity contribution in [3.05, 3.63) is 89.7 Å². The van der Waals surface area contributed by atoms with Gasteiger partial charge in [-0.3, -0.25) is 0 Å². The van der Waals surface area contributed by atoms with E-state index in [9.17, 15) is 18.3 Å². The summed E-state index contributed by atoms with van der Waals surface area (Å²) in [6, 6.07) is 15.8. The van der Waals surface area contributed by atoms with E-state index in [1.165, 1.54) is 19.2 Å². The molecule has 0 bridgehead atoms. The highest BCUT2D eigenvalue weighted by Crippen LogP contribution is 2.49. The van der Waals surface area contributed by atoms with Gasteiger partial charge in [0.25, 0.3) is 0 Å². The van der Waals surface area contributed by atoms with Crippen molar-refractivity contribution in [2.75, 3.05) is 12.4 Å². The maximum atomic E-state index is 13.2. The predicted octanol–water partition coefficient (Wildman–Crippen LogP) is 6.18. The number of ether oxygens (including phenoxy) is 2. The number of hydrogen-bond acceptors (Lipinski definition) is 6. The smallest absolute Gasteiger partial charge is 0.416 e. The third kappa shape index (κ3) is 4.65. The normalized spacial score (nSPS) is 15.6. The summed E-state index contributed by atoms with van der Waals surface area (Å²) in [6.07, 6.45) is -0.543. The van der Waals surface area contributed by atoms with Crippen molar-refractivity contribution in [2.24, 2.45) is 0 Å². The van der Waals surface area contributed by atoms with Gasteiger partial charge < -0.3 is 19.9 Å². The van der Waals surface area contributed by atoms with Gasteiger partial charge in [-0.1, -0.05) is 30.3 Å². The van der Waals surface area contributed by atoms with Crippen LogP contribution in [-0.2, 0) is 16.5 Å². The Bertz CT molecular complexity index is 1350. The number of aromatic nitrogens is 2. The molecule has 1 aliphatic rings. The van der Waals surface area contributed by atoms with Crippen LogP contribution in [0.4, 0.5) is 19.0 Å². The molecular weight excluding hydrogens is 459 g/mol. The highest BCUT2D eigenvalue weighted by Gasteiger charge is 2.45. The number of hydrogen-bond donors (Lipinski definition) is 2. The summed E-state index contributed by atoms with van der Waals surface area (Å²) in [5.74, 6) is 0.714. The van der Waals surface area contributed by atoms with Crippen molar-refractivity contribution in [3.63, 3.8) is 0 Å². The molecule has 0 aliphatic heterocycles. The second kappa shape index (κ2) is 8.83. The Labute approximate surface area is 199 Å². The largest absolute Gasteiger partial charge is 0.438 e. The van der Waals surface area contributed by atoms with E-state index in [1.54, 1.807) is 24.5 Å². The third-order valence-corrected chi connectivity index (χ3v) is 6.10. The molecule has 5 rings (SSSR count). The fraction of sp³-hybridized carbons (Fsp3) is 0.231. The van der Waals surface area contributed by atoms with E-state index in [-0.39, 0.29) is 17.2 Å². The van der Waals surface area contributed by atoms with Crippen LogP contribution in [0, 0.1) is 0 Å². The minimum Gasteiger partial charge on any atom is -0.438 e. The molecule has 2 aromatic carbocycles. The molecular formula is C26H22F3N3O3. The first-order valence-corrected chi connectivity index (χ1v) is 11.0. The molecule has 1 saturated carbocycles. The monoisotopic (exact) mass is 481 g/mol. The Balaban J connectivity index is 1.48. The van der Waals surface area contributed by atoms with Crippen LogP contribution in [-0.4, -0.2) is 22.2 Å². The molecule has 0 spiro atoms. The molecule has 1 atom stereocenters. The van der Waals surface area contributed by atoms with Gasteiger partial charge in [0, 0.05) is 25.1 Å². The Kier molecular flexibility index (Phi) is 5.82. The Morgan fingerprint density at radius 1 is 1.00 bits per heavy atom. The molecule has 6 nitrogen and oxygen atoms in total. The van der Waals surface area contributed by atoms with Gasteiger partial charge in [-0.15, -0.1) is 0 Å². The Morgan fingerprint density at radius 3 is 2.37 bits per heavy atom. The van der Waals surface area contributed by atoms with Crippen LogP contribution in [0.1, 0.15) is 35.8 Å². The fourth-order valence-corrected chi connectivity index (χ4v) is 4.05. The van der Waals surface area contributed by atoms with E-state index in [4.69, 9.17) is 9.47 Å². The predicted molar refractivity (Wildman–Crippen MR) is 124 cm³/mol. The number of fused-ring (bicyclic) bond motifs is 1. The standard InChI is InChI=1S/C26H22F3N3O3/c1-34-24(33)17-5-7-18(8-6-17)25(11-12-25)32-22-21-16(9-13-30-22)10-14-31-23(21)35-20-4-2-3-19(15-20)26(27,28)29/h2-10,13-15,24,33H,11-12H2,1H3,(H,30,32). The maximum absolute atomic E-state index is 13.2. The highest BCUT2D eigenvalue weighted by molar-refractivity contribution is 5.96. The SMILES string of the molecule is COC(O)c1ccc(C2(Nc3nccc4ccnc(Oc5cccc(C(F)(F)F)c5)c34)CC2)cc1. The summed E-state index contributed by atoms with van der Waals surface area (Å²) in [4.78, 5) is 8.80. The number of aliphatic hydroxyl groups excluding tert-OH is 1. The minimum absolute atomic E-state index is 0.0306. The Morgan fingerprint density at radius 2 is 1.71 bits per heavy atom. The van der Waals surface area contributed by atoms with Crippen LogP contribution in [0.5, 0.6) is 11.6 Å². The van der Waals surface area contributed by atoms with Gasteiger partial charge in [-0.05, 0) is 54.1 Å². The van der Waals surface area contributed by atoms with Crippen LogP contribution >= 0.6 is 0 Å². The van der Waals surface area contributed by atoms with Crippen LogP contribution < -0.4 is 10.1 Å². The minimum atomic E-state index is -4.48. The molecule has 2 aromatic heterocycles. The first-order chi connectivity index (χ1) is 16.8. The van der Waals surface area contributed by atoms with E-state index in [2.05, 4.69) is 15.3 Å². The van der Waals surface area contributed by atoms with Crippen LogP contribution in [0.25, 0.3) is 10.8 Å². The first kappa shape index (κ1) is 23.1. The van der Waals surface area contributed by atoms with Gasteiger partial charge in [0.05, 0.1) is 16.5 Å². The molecule has 2 N–H and O–H groups in total. The van der Waals surface area contributed by atoms with E-state index >= 15 is 0 Å². The van der Waals surface area contributed by atoms with Crippen LogP contribution in [0.3, 0.4) is 0 Å². The summed E-state index contributed by atoms with van der Waals surface area (Å²) in [6.45, 7) is 0. The van der Waals surface area contributed by atoms with Crippen molar-refractivity contribution in [3.8, 4) is 11.6 Å².